The Morgan fingerprint density at radius 1 is 1.19 bits per heavy atom. The molecule has 0 amide bonds. The fourth-order valence-electron chi connectivity index (χ4n) is 2.28. The Labute approximate surface area is 98.0 Å². The maximum absolute atomic E-state index is 5.45. The number of ether oxygens (including phenoxy) is 1. The summed E-state index contributed by atoms with van der Waals surface area (Å²) < 4.78 is 5.45. The molecule has 1 atom stereocenters. The van der Waals surface area contributed by atoms with Crippen molar-refractivity contribution in [2.75, 3.05) is 13.2 Å². The predicted octanol–water partition coefficient (Wildman–Crippen LogP) is 3.29. The van der Waals surface area contributed by atoms with E-state index < -0.39 is 0 Å². The van der Waals surface area contributed by atoms with Crippen molar-refractivity contribution in [3.05, 3.63) is 29.8 Å². The Balaban J connectivity index is 2.01. The molecule has 16 heavy (non-hydrogen) atoms. The molecule has 1 heterocycles. The molecule has 1 unspecified atom stereocenters. The monoisotopic (exact) mass is 219 g/mol. The van der Waals surface area contributed by atoms with E-state index in [1.165, 1.54) is 31.2 Å². The average molecular weight is 219 g/mol. The molecule has 1 aliphatic rings. The van der Waals surface area contributed by atoms with E-state index in [0.717, 1.165) is 18.9 Å². The largest absolute Gasteiger partial charge is 0.494 e. The van der Waals surface area contributed by atoms with Crippen LogP contribution in [0.4, 0.5) is 0 Å². The molecule has 0 aliphatic carbocycles. The van der Waals surface area contributed by atoms with Crippen molar-refractivity contribution in [3.63, 3.8) is 0 Å². The summed E-state index contributed by atoms with van der Waals surface area (Å²) in [5.41, 5.74) is 1.39. The number of hydrogen-bond donors (Lipinski definition) is 1. The maximum Gasteiger partial charge on any atom is 0.119 e. The molecule has 2 rings (SSSR count). The van der Waals surface area contributed by atoms with Crippen molar-refractivity contribution in [2.24, 2.45) is 0 Å². The SMILES string of the molecule is CCOc1ccc(C2CCCCCN2)cc1. The second kappa shape index (κ2) is 5.90. The van der Waals surface area contributed by atoms with Crippen LogP contribution in [0.2, 0.25) is 0 Å². The number of hydrogen-bond acceptors (Lipinski definition) is 2. The van der Waals surface area contributed by atoms with Gasteiger partial charge in [-0.2, -0.15) is 0 Å². The number of rotatable bonds is 3. The Hall–Kier alpha value is -1.02. The van der Waals surface area contributed by atoms with Gasteiger partial charge >= 0.3 is 0 Å². The lowest BCUT2D eigenvalue weighted by Gasteiger charge is -2.16. The van der Waals surface area contributed by atoms with Gasteiger partial charge in [-0.25, -0.2) is 0 Å². The van der Waals surface area contributed by atoms with Crippen LogP contribution in [0.25, 0.3) is 0 Å². The second-order valence-electron chi connectivity index (χ2n) is 4.36. The van der Waals surface area contributed by atoms with Gasteiger partial charge < -0.3 is 10.1 Å². The van der Waals surface area contributed by atoms with Gasteiger partial charge in [-0.05, 0) is 44.0 Å². The molecule has 1 saturated heterocycles. The van der Waals surface area contributed by atoms with Crippen LogP contribution in [-0.4, -0.2) is 13.2 Å². The minimum atomic E-state index is 0.540. The van der Waals surface area contributed by atoms with Gasteiger partial charge in [-0.15, -0.1) is 0 Å². The molecular weight excluding hydrogens is 198 g/mol. The van der Waals surface area contributed by atoms with Gasteiger partial charge in [-0.1, -0.05) is 25.0 Å². The summed E-state index contributed by atoms with van der Waals surface area (Å²) in [6, 6.07) is 9.07. The highest BCUT2D eigenvalue weighted by molar-refractivity contribution is 5.29. The Kier molecular flexibility index (Phi) is 4.23. The summed E-state index contributed by atoms with van der Waals surface area (Å²) in [5.74, 6) is 0.972. The molecular formula is C14H21NO. The van der Waals surface area contributed by atoms with Crippen LogP contribution in [0, 0.1) is 0 Å². The van der Waals surface area contributed by atoms with E-state index in [4.69, 9.17) is 4.74 Å². The third-order valence-electron chi connectivity index (χ3n) is 3.15. The smallest absolute Gasteiger partial charge is 0.119 e. The van der Waals surface area contributed by atoms with Gasteiger partial charge in [0.2, 0.25) is 0 Å². The summed E-state index contributed by atoms with van der Waals surface area (Å²) in [4.78, 5) is 0. The molecule has 2 heteroatoms. The standard InChI is InChI=1S/C14H21NO/c1-2-16-13-9-7-12(8-10-13)14-6-4-3-5-11-15-14/h7-10,14-15H,2-6,11H2,1H3. The molecule has 0 saturated carbocycles. The summed E-state index contributed by atoms with van der Waals surface area (Å²) >= 11 is 0. The van der Waals surface area contributed by atoms with Crippen LogP contribution < -0.4 is 10.1 Å². The summed E-state index contributed by atoms with van der Waals surface area (Å²) in [6.45, 7) is 3.90. The zero-order chi connectivity index (χ0) is 11.2. The minimum Gasteiger partial charge on any atom is -0.494 e. The van der Waals surface area contributed by atoms with Crippen LogP contribution in [0.5, 0.6) is 5.75 Å². The molecule has 88 valence electrons. The van der Waals surface area contributed by atoms with Crippen molar-refractivity contribution in [2.45, 2.75) is 38.6 Å². The first-order valence-electron chi connectivity index (χ1n) is 6.36. The fourth-order valence-corrected chi connectivity index (χ4v) is 2.28. The lowest BCUT2D eigenvalue weighted by atomic mass is 10.0. The van der Waals surface area contributed by atoms with E-state index in [9.17, 15) is 0 Å². The maximum atomic E-state index is 5.45. The molecule has 1 aromatic carbocycles. The summed E-state index contributed by atoms with van der Waals surface area (Å²) in [6.07, 6.45) is 5.27. The highest BCUT2D eigenvalue weighted by Crippen LogP contribution is 2.24. The first-order chi connectivity index (χ1) is 7.90. The fraction of sp³-hybridized carbons (Fsp3) is 0.571. The molecule has 1 aromatic rings. The molecule has 0 spiro atoms. The molecule has 1 N–H and O–H groups in total. The van der Waals surface area contributed by atoms with E-state index in [1.54, 1.807) is 0 Å². The summed E-state index contributed by atoms with van der Waals surface area (Å²) in [7, 11) is 0. The zero-order valence-corrected chi connectivity index (χ0v) is 10.0. The molecule has 0 bridgehead atoms. The minimum absolute atomic E-state index is 0.540. The Morgan fingerprint density at radius 2 is 2.00 bits per heavy atom. The van der Waals surface area contributed by atoms with E-state index >= 15 is 0 Å². The van der Waals surface area contributed by atoms with Gasteiger partial charge in [-0.3, -0.25) is 0 Å². The lowest BCUT2D eigenvalue weighted by Crippen LogP contribution is -2.20. The zero-order valence-electron chi connectivity index (χ0n) is 10.0. The highest BCUT2D eigenvalue weighted by Gasteiger charge is 2.13. The summed E-state index contributed by atoms with van der Waals surface area (Å²) in [5, 5.41) is 3.61. The highest BCUT2D eigenvalue weighted by atomic mass is 16.5. The van der Waals surface area contributed by atoms with Gasteiger partial charge in [0.15, 0.2) is 0 Å². The normalized spacial score (nSPS) is 21.4. The van der Waals surface area contributed by atoms with E-state index in [0.29, 0.717) is 6.04 Å². The van der Waals surface area contributed by atoms with Gasteiger partial charge in [0.05, 0.1) is 6.61 Å². The van der Waals surface area contributed by atoms with Crippen LogP contribution in [0.3, 0.4) is 0 Å². The van der Waals surface area contributed by atoms with Gasteiger partial charge in [0, 0.05) is 6.04 Å². The van der Waals surface area contributed by atoms with E-state index in [1.807, 2.05) is 6.92 Å². The third-order valence-corrected chi connectivity index (χ3v) is 3.15. The first-order valence-corrected chi connectivity index (χ1v) is 6.36. The topological polar surface area (TPSA) is 21.3 Å². The molecule has 1 fully saturated rings. The molecule has 0 radical (unpaired) electrons. The lowest BCUT2D eigenvalue weighted by molar-refractivity contribution is 0.340. The quantitative estimate of drug-likeness (QED) is 0.842. The van der Waals surface area contributed by atoms with Crippen molar-refractivity contribution < 1.29 is 4.74 Å². The number of nitrogens with one attached hydrogen (secondary N) is 1. The van der Waals surface area contributed by atoms with E-state index in [-0.39, 0.29) is 0 Å². The van der Waals surface area contributed by atoms with Crippen LogP contribution in [-0.2, 0) is 0 Å². The Bertz CT molecular complexity index is 299. The number of benzene rings is 1. The van der Waals surface area contributed by atoms with Gasteiger partial charge in [0.25, 0.3) is 0 Å². The van der Waals surface area contributed by atoms with Crippen molar-refractivity contribution >= 4 is 0 Å². The van der Waals surface area contributed by atoms with Crippen molar-refractivity contribution in [1.82, 2.24) is 5.32 Å². The average Bonchev–Trinajstić information content (AvgIpc) is 2.59. The third kappa shape index (κ3) is 2.99. The predicted molar refractivity (Wildman–Crippen MR) is 66.8 cm³/mol. The van der Waals surface area contributed by atoms with Crippen LogP contribution >= 0.6 is 0 Å². The second-order valence-corrected chi connectivity index (χ2v) is 4.36. The molecule has 1 aliphatic heterocycles. The van der Waals surface area contributed by atoms with Crippen LogP contribution in [0.15, 0.2) is 24.3 Å². The first kappa shape index (κ1) is 11.5. The van der Waals surface area contributed by atoms with Crippen molar-refractivity contribution in [1.29, 1.82) is 0 Å². The van der Waals surface area contributed by atoms with E-state index in [2.05, 4.69) is 29.6 Å². The van der Waals surface area contributed by atoms with Gasteiger partial charge in [0.1, 0.15) is 5.75 Å². The molecule has 0 aromatic heterocycles. The molecule has 2 nitrogen and oxygen atoms in total. The Morgan fingerprint density at radius 3 is 2.75 bits per heavy atom. The van der Waals surface area contributed by atoms with Crippen LogP contribution in [0.1, 0.15) is 44.2 Å². The van der Waals surface area contributed by atoms with Crippen molar-refractivity contribution in [3.8, 4) is 5.75 Å².